The van der Waals surface area contributed by atoms with Crippen LogP contribution in [0.25, 0.3) is 0 Å². The molecule has 2 amide bonds. The van der Waals surface area contributed by atoms with Crippen LogP contribution in [0.2, 0.25) is 5.02 Å². The summed E-state index contributed by atoms with van der Waals surface area (Å²) >= 11 is 6.45. The molecule has 2 aromatic carbocycles. The minimum Gasteiger partial charge on any atom is -0.490 e. The molecule has 3 aliphatic rings. The predicted molar refractivity (Wildman–Crippen MR) is 122 cm³/mol. The van der Waals surface area contributed by atoms with Crippen molar-refractivity contribution in [3.8, 4) is 11.5 Å². The molecule has 0 radical (unpaired) electrons. The third kappa shape index (κ3) is 4.04. The van der Waals surface area contributed by atoms with Gasteiger partial charge in [0.15, 0.2) is 11.5 Å². The van der Waals surface area contributed by atoms with Crippen molar-refractivity contribution in [2.75, 3.05) is 18.5 Å². The number of hydrogen-bond donors (Lipinski definition) is 1. The maximum atomic E-state index is 13.5. The fourth-order valence-electron chi connectivity index (χ4n) is 5.21. The summed E-state index contributed by atoms with van der Waals surface area (Å²) in [6, 6.07) is 12.2. The number of hydrogen-bond acceptors (Lipinski definition) is 4. The first-order chi connectivity index (χ1) is 15.6. The van der Waals surface area contributed by atoms with Crippen molar-refractivity contribution in [2.45, 2.75) is 50.6 Å². The maximum Gasteiger partial charge on any atom is 0.254 e. The molecule has 7 heteroatoms. The van der Waals surface area contributed by atoms with E-state index >= 15 is 0 Å². The molecule has 1 aliphatic carbocycles. The van der Waals surface area contributed by atoms with Gasteiger partial charge < -0.3 is 19.7 Å². The van der Waals surface area contributed by atoms with Gasteiger partial charge in [-0.3, -0.25) is 9.59 Å². The van der Waals surface area contributed by atoms with E-state index in [-0.39, 0.29) is 17.9 Å². The van der Waals surface area contributed by atoms with Gasteiger partial charge in [-0.2, -0.15) is 0 Å². The van der Waals surface area contributed by atoms with Crippen LogP contribution in [0.4, 0.5) is 5.69 Å². The molecule has 168 valence electrons. The van der Waals surface area contributed by atoms with Gasteiger partial charge in [-0.15, -0.1) is 0 Å². The number of nitrogens with zero attached hydrogens (tertiary/aromatic N) is 1. The average molecular weight is 455 g/mol. The van der Waals surface area contributed by atoms with Crippen LogP contribution in [0.5, 0.6) is 11.5 Å². The lowest BCUT2D eigenvalue weighted by molar-refractivity contribution is -0.120. The zero-order valence-electron chi connectivity index (χ0n) is 17.9. The van der Waals surface area contributed by atoms with Crippen molar-refractivity contribution in [3.05, 3.63) is 53.1 Å². The van der Waals surface area contributed by atoms with Crippen molar-refractivity contribution >= 4 is 29.1 Å². The fraction of sp³-hybridized carbons (Fsp3) is 0.440. The SMILES string of the molecule is O=C(Nc1cc2c(cc1Cl)OCCCO2)C1CC2CCCCC2N1C(=O)c1ccccc1. The minimum atomic E-state index is -0.525. The highest BCUT2D eigenvalue weighted by molar-refractivity contribution is 6.34. The molecule has 3 atom stereocenters. The highest BCUT2D eigenvalue weighted by atomic mass is 35.5. The molecule has 1 saturated carbocycles. The highest BCUT2D eigenvalue weighted by Crippen LogP contribution is 2.42. The summed E-state index contributed by atoms with van der Waals surface area (Å²) < 4.78 is 11.4. The van der Waals surface area contributed by atoms with E-state index in [0.29, 0.717) is 53.3 Å². The lowest BCUT2D eigenvalue weighted by Crippen LogP contribution is -2.47. The number of benzene rings is 2. The molecule has 2 aliphatic heterocycles. The number of rotatable bonds is 3. The predicted octanol–water partition coefficient (Wildman–Crippen LogP) is 4.91. The second kappa shape index (κ2) is 9.02. The number of fused-ring (bicyclic) bond motifs is 2. The van der Waals surface area contributed by atoms with Gasteiger partial charge in [0, 0.05) is 30.2 Å². The number of amides is 2. The molecule has 32 heavy (non-hydrogen) atoms. The molecule has 1 saturated heterocycles. The quantitative estimate of drug-likeness (QED) is 0.715. The van der Waals surface area contributed by atoms with E-state index in [1.807, 2.05) is 35.2 Å². The fourth-order valence-corrected chi connectivity index (χ4v) is 5.41. The van der Waals surface area contributed by atoms with Gasteiger partial charge in [-0.1, -0.05) is 42.6 Å². The van der Waals surface area contributed by atoms with Crippen LogP contribution in [-0.2, 0) is 4.79 Å². The number of carbonyl (C=O) groups is 2. The van der Waals surface area contributed by atoms with E-state index in [1.54, 1.807) is 12.1 Å². The van der Waals surface area contributed by atoms with Gasteiger partial charge in [-0.25, -0.2) is 0 Å². The first kappa shape index (κ1) is 21.1. The molecule has 0 spiro atoms. The van der Waals surface area contributed by atoms with Crippen LogP contribution in [0.3, 0.4) is 0 Å². The van der Waals surface area contributed by atoms with Crippen molar-refractivity contribution in [1.29, 1.82) is 0 Å². The summed E-state index contributed by atoms with van der Waals surface area (Å²) in [6.07, 6.45) is 5.70. The van der Waals surface area contributed by atoms with Gasteiger partial charge in [0.25, 0.3) is 5.91 Å². The van der Waals surface area contributed by atoms with E-state index in [1.165, 1.54) is 0 Å². The van der Waals surface area contributed by atoms with Crippen LogP contribution in [0, 0.1) is 5.92 Å². The molecular formula is C25H27ClN2O4. The molecule has 5 rings (SSSR count). The number of nitrogens with one attached hydrogen (secondary N) is 1. The molecular weight excluding hydrogens is 428 g/mol. The molecule has 0 bridgehead atoms. The monoisotopic (exact) mass is 454 g/mol. The summed E-state index contributed by atoms with van der Waals surface area (Å²) in [5.74, 6) is 1.22. The number of carbonyl (C=O) groups excluding carboxylic acids is 2. The Morgan fingerprint density at radius 1 is 0.969 bits per heavy atom. The Balaban J connectivity index is 1.41. The van der Waals surface area contributed by atoms with Gasteiger partial charge >= 0.3 is 0 Å². The zero-order valence-corrected chi connectivity index (χ0v) is 18.6. The number of halogens is 1. The van der Waals surface area contributed by atoms with Crippen LogP contribution < -0.4 is 14.8 Å². The van der Waals surface area contributed by atoms with Gasteiger partial charge in [0.05, 0.1) is 23.9 Å². The van der Waals surface area contributed by atoms with Crippen LogP contribution >= 0.6 is 11.6 Å². The minimum absolute atomic E-state index is 0.0788. The Morgan fingerprint density at radius 2 is 1.69 bits per heavy atom. The van der Waals surface area contributed by atoms with Gasteiger partial charge in [0.1, 0.15) is 6.04 Å². The third-order valence-corrected chi connectivity index (χ3v) is 7.05. The number of anilines is 1. The summed E-state index contributed by atoms with van der Waals surface area (Å²) in [5.41, 5.74) is 1.09. The first-order valence-corrected chi connectivity index (χ1v) is 11.8. The molecule has 3 unspecified atom stereocenters. The summed E-state index contributed by atoms with van der Waals surface area (Å²) in [4.78, 5) is 28.7. The van der Waals surface area contributed by atoms with Crippen LogP contribution in [0.15, 0.2) is 42.5 Å². The van der Waals surface area contributed by atoms with Crippen molar-refractivity contribution in [1.82, 2.24) is 4.90 Å². The summed E-state index contributed by atoms with van der Waals surface area (Å²) in [6.45, 7) is 1.11. The maximum absolute atomic E-state index is 13.5. The Kier molecular flexibility index (Phi) is 5.96. The number of ether oxygens (including phenoxy) is 2. The second-order valence-corrected chi connectivity index (χ2v) is 9.17. The molecule has 6 nitrogen and oxygen atoms in total. The Bertz CT molecular complexity index is 1010. The Hall–Kier alpha value is -2.73. The molecule has 2 aromatic rings. The van der Waals surface area contributed by atoms with Gasteiger partial charge in [-0.05, 0) is 37.3 Å². The standard InChI is InChI=1S/C25H27ClN2O4/c26-18-14-22-23(32-12-6-11-31-22)15-19(18)27-24(29)21-13-17-9-4-5-10-20(17)28(21)25(30)16-7-2-1-3-8-16/h1-3,7-8,14-15,17,20-21H,4-6,9-13H2,(H,27,29). The van der Waals surface area contributed by atoms with Crippen LogP contribution in [0.1, 0.15) is 48.9 Å². The van der Waals surface area contributed by atoms with E-state index < -0.39 is 6.04 Å². The second-order valence-electron chi connectivity index (χ2n) is 8.76. The largest absolute Gasteiger partial charge is 0.490 e. The van der Waals surface area contributed by atoms with E-state index in [9.17, 15) is 9.59 Å². The van der Waals surface area contributed by atoms with E-state index in [4.69, 9.17) is 21.1 Å². The topological polar surface area (TPSA) is 67.9 Å². The van der Waals surface area contributed by atoms with Crippen molar-refractivity contribution < 1.29 is 19.1 Å². The normalized spacial score (nSPS) is 24.4. The van der Waals surface area contributed by atoms with E-state index in [2.05, 4.69) is 5.32 Å². The summed E-state index contributed by atoms with van der Waals surface area (Å²) in [7, 11) is 0. The van der Waals surface area contributed by atoms with Crippen LogP contribution in [-0.4, -0.2) is 42.0 Å². The van der Waals surface area contributed by atoms with Crippen molar-refractivity contribution in [2.24, 2.45) is 5.92 Å². The van der Waals surface area contributed by atoms with E-state index in [0.717, 1.165) is 32.1 Å². The lowest BCUT2D eigenvalue weighted by Gasteiger charge is -2.33. The average Bonchev–Trinajstić information content (AvgIpc) is 3.06. The first-order valence-electron chi connectivity index (χ1n) is 11.4. The number of likely N-dealkylation sites (tertiary alicyclic amines) is 1. The highest BCUT2D eigenvalue weighted by Gasteiger charge is 2.47. The zero-order chi connectivity index (χ0) is 22.1. The van der Waals surface area contributed by atoms with Gasteiger partial charge in [0.2, 0.25) is 5.91 Å². The Labute approximate surface area is 192 Å². The third-order valence-electron chi connectivity index (χ3n) is 6.74. The Morgan fingerprint density at radius 3 is 2.47 bits per heavy atom. The molecule has 2 heterocycles. The smallest absolute Gasteiger partial charge is 0.254 e. The molecule has 2 fully saturated rings. The molecule has 1 N–H and O–H groups in total. The van der Waals surface area contributed by atoms with Crippen molar-refractivity contribution in [3.63, 3.8) is 0 Å². The molecule has 0 aromatic heterocycles. The summed E-state index contributed by atoms with van der Waals surface area (Å²) in [5, 5.41) is 3.36. The lowest BCUT2D eigenvalue weighted by atomic mass is 9.84.